The van der Waals surface area contributed by atoms with Gasteiger partial charge >= 0.3 is 5.00 Å². The Morgan fingerprint density at radius 2 is 2.35 bits per heavy atom. The van der Waals surface area contributed by atoms with E-state index in [1.807, 2.05) is 19.1 Å². The van der Waals surface area contributed by atoms with Gasteiger partial charge in [-0.2, -0.15) is 0 Å². The fraction of sp³-hybridized carbons (Fsp3) is 0.200. The maximum Gasteiger partial charge on any atom is 0.345 e. The quantitative estimate of drug-likeness (QED) is 0.666. The highest BCUT2D eigenvalue weighted by molar-refractivity contribution is 7.18. The van der Waals surface area contributed by atoms with Crippen molar-refractivity contribution in [2.24, 2.45) is 0 Å². The fourth-order valence-electron chi connectivity index (χ4n) is 1.32. The summed E-state index contributed by atoms with van der Waals surface area (Å²) in [5.41, 5.74) is 1.00. The maximum atomic E-state index is 10.5. The molecule has 17 heavy (non-hydrogen) atoms. The molecule has 0 aliphatic rings. The maximum absolute atomic E-state index is 10.5. The van der Waals surface area contributed by atoms with Crippen molar-refractivity contribution >= 4 is 21.5 Å². The first kappa shape index (κ1) is 11.5. The summed E-state index contributed by atoms with van der Waals surface area (Å²) in [6, 6.07) is 3.79. The van der Waals surface area contributed by atoms with E-state index < -0.39 is 4.92 Å². The van der Waals surface area contributed by atoms with Crippen LogP contribution in [0.25, 0.3) is 0 Å². The molecule has 88 valence electrons. The molecule has 2 rings (SSSR count). The molecule has 1 atom stereocenters. The van der Waals surface area contributed by atoms with Crippen LogP contribution in [0.5, 0.6) is 0 Å². The lowest BCUT2D eigenvalue weighted by Gasteiger charge is -2.11. The summed E-state index contributed by atoms with van der Waals surface area (Å²) in [6.07, 6.45) is 4.70. The molecular weight excluding hydrogens is 240 g/mol. The van der Waals surface area contributed by atoms with Crippen LogP contribution in [0, 0.1) is 10.1 Å². The SMILES string of the molecule is CC(Nc1ncc([N+](=O)[O-])s1)c1cccnc1. The predicted octanol–water partition coefficient (Wildman–Crippen LogP) is 2.62. The third-order valence-corrected chi connectivity index (χ3v) is 3.08. The van der Waals surface area contributed by atoms with Crippen molar-refractivity contribution in [2.45, 2.75) is 13.0 Å². The molecule has 0 aliphatic heterocycles. The molecule has 0 saturated carbocycles. The van der Waals surface area contributed by atoms with Gasteiger partial charge < -0.3 is 5.32 Å². The number of thiazole rings is 1. The predicted molar refractivity (Wildman–Crippen MR) is 65.0 cm³/mol. The van der Waals surface area contributed by atoms with E-state index in [0.29, 0.717) is 5.13 Å². The normalized spacial score (nSPS) is 12.1. The van der Waals surface area contributed by atoms with Gasteiger partial charge in [0.2, 0.25) is 0 Å². The first-order valence-corrected chi connectivity index (χ1v) is 5.75. The lowest BCUT2D eigenvalue weighted by Crippen LogP contribution is -2.06. The van der Waals surface area contributed by atoms with Crippen molar-refractivity contribution < 1.29 is 4.92 Å². The van der Waals surface area contributed by atoms with Crippen LogP contribution in [0.4, 0.5) is 10.1 Å². The summed E-state index contributed by atoms with van der Waals surface area (Å²) in [7, 11) is 0. The highest BCUT2D eigenvalue weighted by Crippen LogP contribution is 2.27. The van der Waals surface area contributed by atoms with Crippen molar-refractivity contribution in [3.05, 3.63) is 46.4 Å². The Hall–Kier alpha value is -2.02. The van der Waals surface area contributed by atoms with Crippen LogP contribution in [0.3, 0.4) is 0 Å². The van der Waals surface area contributed by atoms with Crippen molar-refractivity contribution in [3.8, 4) is 0 Å². The van der Waals surface area contributed by atoms with Gasteiger partial charge in [-0.1, -0.05) is 6.07 Å². The zero-order valence-electron chi connectivity index (χ0n) is 9.03. The second-order valence-corrected chi connectivity index (χ2v) is 4.42. The number of rotatable bonds is 4. The Balaban J connectivity index is 2.08. The molecule has 0 radical (unpaired) electrons. The van der Waals surface area contributed by atoms with Crippen LogP contribution in [0.1, 0.15) is 18.5 Å². The zero-order valence-corrected chi connectivity index (χ0v) is 9.85. The van der Waals surface area contributed by atoms with Crippen molar-refractivity contribution in [1.82, 2.24) is 9.97 Å². The molecule has 2 heterocycles. The molecule has 0 aromatic carbocycles. The van der Waals surface area contributed by atoms with E-state index in [4.69, 9.17) is 0 Å². The summed E-state index contributed by atoms with van der Waals surface area (Å²) in [5.74, 6) is 0. The number of anilines is 1. The minimum Gasteiger partial charge on any atom is -0.355 e. The minimum atomic E-state index is -0.447. The summed E-state index contributed by atoms with van der Waals surface area (Å²) >= 11 is 1.02. The fourth-order valence-corrected chi connectivity index (χ4v) is 2.04. The molecule has 0 fully saturated rings. The van der Waals surface area contributed by atoms with Crippen LogP contribution in [0.2, 0.25) is 0 Å². The van der Waals surface area contributed by atoms with Gasteiger partial charge in [-0.3, -0.25) is 15.1 Å². The number of hydrogen-bond acceptors (Lipinski definition) is 6. The largest absolute Gasteiger partial charge is 0.355 e. The van der Waals surface area contributed by atoms with E-state index in [2.05, 4.69) is 15.3 Å². The molecular formula is C10H10N4O2S. The molecule has 7 heteroatoms. The van der Waals surface area contributed by atoms with Gasteiger partial charge in [0.1, 0.15) is 6.20 Å². The van der Waals surface area contributed by atoms with Crippen LogP contribution >= 0.6 is 11.3 Å². The van der Waals surface area contributed by atoms with Crippen LogP contribution in [0.15, 0.2) is 30.7 Å². The summed E-state index contributed by atoms with van der Waals surface area (Å²) in [5, 5.41) is 14.2. The number of aromatic nitrogens is 2. The van der Waals surface area contributed by atoms with Crippen LogP contribution in [-0.2, 0) is 0 Å². The van der Waals surface area contributed by atoms with Crippen LogP contribution < -0.4 is 5.32 Å². The molecule has 6 nitrogen and oxygen atoms in total. The number of nitrogens with zero attached hydrogens (tertiary/aromatic N) is 3. The molecule has 0 spiro atoms. The third kappa shape index (κ3) is 2.76. The summed E-state index contributed by atoms with van der Waals surface area (Å²) in [4.78, 5) is 18.0. The second kappa shape index (κ2) is 4.88. The zero-order chi connectivity index (χ0) is 12.3. The van der Waals surface area contributed by atoms with Gasteiger partial charge in [-0.25, -0.2) is 4.98 Å². The molecule has 0 amide bonds. The number of nitro groups is 1. The minimum absolute atomic E-state index is 0.00875. The van der Waals surface area contributed by atoms with E-state index in [1.165, 1.54) is 6.20 Å². The van der Waals surface area contributed by atoms with E-state index in [-0.39, 0.29) is 11.0 Å². The van der Waals surface area contributed by atoms with Gasteiger partial charge in [-0.05, 0) is 29.9 Å². The van der Waals surface area contributed by atoms with E-state index in [1.54, 1.807) is 12.4 Å². The standard InChI is InChI=1S/C10H10N4O2S/c1-7(8-3-2-4-11-5-8)13-10-12-6-9(17-10)14(15)16/h2-7H,1H3,(H,12,13). The Bertz CT molecular complexity index is 514. The number of hydrogen-bond donors (Lipinski definition) is 1. The Morgan fingerprint density at radius 1 is 1.53 bits per heavy atom. The lowest BCUT2D eigenvalue weighted by molar-refractivity contribution is -0.380. The average molecular weight is 250 g/mol. The smallest absolute Gasteiger partial charge is 0.345 e. The molecule has 0 bridgehead atoms. The topological polar surface area (TPSA) is 81.0 Å². The highest BCUT2D eigenvalue weighted by Gasteiger charge is 2.13. The van der Waals surface area contributed by atoms with Gasteiger partial charge in [0, 0.05) is 12.4 Å². The first-order valence-electron chi connectivity index (χ1n) is 4.93. The van der Waals surface area contributed by atoms with E-state index >= 15 is 0 Å². The molecule has 1 unspecified atom stereocenters. The van der Waals surface area contributed by atoms with Gasteiger partial charge in [0.15, 0.2) is 5.13 Å². The third-order valence-electron chi connectivity index (χ3n) is 2.20. The lowest BCUT2D eigenvalue weighted by atomic mass is 10.1. The highest BCUT2D eigenvalue weighted by atomic mass is 32.1. The first-order chi connectivity index (χ1) is 8.16. The van der Waals surface area contributed by atoms with Gasteiger partial charge in [-0.15, -0.1) is 0 Å². The van der Waals surface area contributed by atoms with Crippen molar-refractivity contribution in [1.29, 1.82) is 0 Å². The van der Waals surface area contributed by atoms with Crippen molar-refractivity contribution in [2.75, 3.05) is 5.32 Å². The van der Waals surface area contributed by atoms with Crippen molar-refractivity contribution in [3.63, 3.8) is 0 Å². The van der Waals surface area contributed by atoms with Gasteiger partial charge in [0.25, 0.3) is 0 Å². The number of pyridine rings is 1. The second-order valence-electron chi connectivity index (χ2n) is 3.41. The summed E-state index contributed by atoms with van der Waals surface area (Å²) in [6.45, 7) is 1.95. The molecule has 2 aromatic heterocycles. The average Bonchev–Trinajstić information content (AvgIpc) is 2.79. The Labute approximate surface area is 102 Å². The molecule has 0 aliphatic carbocycles. The molecule has 0 saturated heterocycles. The summed E-state index contributed by atoms with van der Waals surface area (Å²) < 4.78 is 0. The van der Waals surface area contributed by atoms with E-state index in [9.17, 15) is 10.1 Å². The van der Waals surface area contributed by atoms with Gasteiger partial charge in [0.05, 0.1) is 11.0 Å². The number of nitrogens with one attached hydrogen (secondary N) is 1. The molecule has 2 aromatic rings. The monoisotopic (exact) mass is 250 g/mol. The molecule has 1 N–H and O–H groups in total. The van der Waals surface area contributed by atoms with E-state index in [0.717, 1.165) is 16.9 Å². The Kier molecular flexibility index (Phi) is 3.29. The Morgan fingerprint density at radius 3 is 2.94 bits per heavy atom. The van der Waals surface area contributed by atoms with Crippen LogP contribution in [-0.4, -0.2) is 14.9 Å².